The van der Waals surface area contributed by atoms with Gasteiger partial charge in [-0.1, -0.05) is 42.0 Å². The van der Waals surface area contributed by atoms with Gasteiger partial charge in [0.2, 0.25) is 5.88 Å². The van der Waals surface area contributed by atoms with Gasteiger partial charge in [0.15, 0.2) is 0 Å². The van der Waals surface area contributed by atoms with Crippen LogP contribution in [0.15, 0.2) is 83.3 Å². The molecule has 0 saturated heterocycles. The summed E-state index contributed by atoms with van der Waals surface area (Å²) in [5.74, 6) is -0.112. The molecule has 7 nitrogen and oxygen atoms in total. The largest absolute Gasteiger partial charge is 0.438 e. The lowest BCUT2D eigenvalue weighted by Gasteiger charge is -2.12. The van der Waals surface area contributed by atoms with Crippen molar-refractivity contribution in [2.45, 2.75) is 13.8 Å². The third-order valence-electron chi connectivity index (χ3n) is 5.00. The summed E-state index contributed by atoms with van der Waals surface area (Å²) in [5.41, 5.74) is 2.09. The number of pyridine rings is 1. The Bertz CT molecular complexity index is 1480. The van der Waals surface area contributed by atoms with E-state index in [0.717, 1.165) is 11.1 Å². The topological polar surface area (TPSA) is 96.5 Å². The molecular weight excluding hydrogens is 416 g/mol. The summed E-state index contributed by atoms with van der Waals surface area (Å²) in [7, 11) is 0. The number of amides is 1. The summed E-state index contributed by atoms with van der Waals surface area (Å²) < 4.78 is 7.31. The standard InChI is InChI=1S/C26H20N4O3/c1-17-10-12-20(13-11-17)28-24(31)19(16-27)15-21-25(33-22-8-4-3-7-18(22)2)29-23-9-5-6-14-30(23)26(21)32/h3-15H,1-2H3,(H,28,31). The molecule has 4 rings (SSSR count). The Hall–Kier alpha value is -4.70. The zero-order valence-corrected chi connectivity index (χ0v) is 18.1. The van der Waals surface area contributed by atoms with Gasteiger partial charge in [0, 0.05) is 11.9 Å². The minimum Gasteiger partial charge on any atom is -0.438 e. The minimum absolute atomic E-state index is 0.00226. The Morgan fingerprint density at radius 2 is 1.79 bits per heavy atom. The molecule has 1 amide bonds. The van der Waals surface area contributed by atoms with E-state index >= 15 is 0 Å². The summed E-state index contributed by atoms with van der Waals surface area (Å²) in [4.78, 5) is 30.5. The van der Waals surface area contributed by atoms with E-state index in [4.69, 9.17) is 4.74 Å². The first-order valence-corrected chi connectivity index (χ1v) is 10.2. The zero-order chi connectivity index (χ0) is 23.4. The molecule has 0 saturated carbocycles. The summed E-state index contributed by atoms with van der Waals surface area (Å²) in [6, 6.07) is 21.5. The quantitative estimate of drug-likeness (QED) is 0.363. The van der Waals surface area contributed by atoms with Gasteiger partial charge in [0.1, 0.15) is 28.6 Å². The molecule has 0 atom stereocenters. The number of hydrogen-bond donors (Lipinski definition) is 1. The van der Waals surface area contributed by atoms with E-state index in [-0.39, 0.29) is 17.0 Å². The smallest absolute Gasteiger partial charge is 0.269 e. The van der Waals surface area contributed by atoms with Gasteiger partial charge < -0.3 is 10.1 Å². The molecule has 0 radical (unpaired) electrons. The van der Waals surface area contributed by atoms with Gasteiger partial charge in [-0.2, -0.15) is 10.2 Å². The van der Waals surface area contributed by atoms with Gasteiger partial charge in [-0.05, 0) is 55.8 Å². The fraction of sp³-hybridized carbons (Fsp3) is 0.0769. The van der Waals surface area contributed by atoms with Crippen LogP contribution in [0.5, 0.6) is 11.6 Å². The molecule has 0 bridgehead atoms. The zero-order valence-electron chi connectivity index (χ0n) is 18.1. The number of nitriles is 1. The summed E-state index contributed by atoms with van der Waals surface area (Å²) in [5, 5.41) is 12.3. The summed E-state index contributed by atoms with van der Waals surface area (Å²) >= 11 is 0. The lowest BCUT2D eigenvalue weighted by molar-refractivity contribution is -0.112. The van der Waals surface area contributed by atoms with Crippen LogP contribution in [-0.4, -0.2) is 15.3 Å². The molecule has 0 fully saturated rings. The van der Waals surface area contributed by atoms with Crippen molar-refractivity contribution in [2.24, 2.45) is 0 Å². The predicted octanol–water partition coefficient (Wildman–Crippen LogP) is 4.65. The average molecular weight is 436 g/mol. The maximum atomic E-state index is 13.3. The van der Waals surface area contributed by atoms with Crippen LogP contribution in [0.25, 0.3) is 11.7 Å². The van der Waals surface area contributed by atoms with Crippen molar-refractivity contribution >= 4 is 23.3 Å². The van der Waals surface area contributed by atoms with Crippen molar-refractivity contribution in [1.82, 2.24) is 9.38 Å². The number of nitrogens with zero attached hydrogens (tertiary/aromatic N) is 3. The van der Waals surface area contributed by atoms with Crippen LogP contribution in [0.1, 0.15) is 16.7 Å². The third-order valence-corrected chi connectivity index (χ3v) is 5.00. The van der Waals surface area contributed by atoms with E-state index in [0.29, 0.717) is 17.1 Å². The number of carbonyl (C=O) groups excluding carboxylic acids is 1. The number of aryl methyl sites for hydroxylation is 2. The lowest BCUT2D eigenvalue weighted by Crippen LogP contribution is -2.20. The Morgan fingerprint density at radius 1 is 1.06 bits per heavy atom. The molecule has 2 heterocycles. The molecule has 0 unspecified atom stereocenters. The normalized spacial score (nSPS) is 11.1. The number of benzene rings is 2. The molecule has 4 aromatic rings. The van der Waals surface area contributed by atoms with Crippen LogP contribution in [0, 0.1) is 25.2 Å². The van der Waals surface area contributed by atoms with Crippen molar-refractivity contribution in [3.8, 4) is 17.7 Å². The maximum absolute atomic E-state index is 13.3. The number of ether oxygens (including phenoxy) is 1. The molecule has 2 aromatic heterocycles. The number of anilines is 1. The fourth-order valence-electron chi connectivity index (χ4n) is 3.19. The van der Waals surface area contributed by atoms with Crippen molar-refractivity contribution in [1.29, 1.82) is 5.26 Å². The lowest BCUT2D eigenvalue weighted by atomic mass is 10.1. The van der Waals surface area contributed by atoms with E-state index in [1.165, 1.54) is 10.5 Å². The number of rotatable bonds is 5. The van der Waals surface area contributed by atoms with Gasteiger partial charge in [-0.15, -0.1) is 0 Å². The van der Waals surface area contributed by atoms with Gasteiger partial charge in [-0.3, -0.25) is 14.0 Å². The predicted molar refractivity (Wildman–Crippen MR) is 126 cm³/mol. The van der Waals surface area contributed by atoms with E-state index in [1.54, 1.807) is 42.6 Å². The molecule has 162 valence electrons. The summed E-state index contributed by atoms with van der Waals surface area (Å²) in [6.45, 7) is 3.80. The Kier molecular flexibility index (Phi) is 6.00. The van der Waals surface area contributed by atoms with Gasteiger partial charge in [0.05, 0.1) is 0 Å². The molecule has 7 heteroatoms. The second-order valence-corrected chi connectivity index (χ2v) is 7.42. The Morgan fingerprint density at radius 3 is 2.52 bits per heavy atom. The number of carbonyl (C=O) groups is 1. The molecule has 0 aliphatic carbocycles. The number of para-hydroxylation sites is 1. The monoisotopic (exact) mass is 436 g/mol. The second-order valence-electron chi connectivity index (χ2n) is 7.42. The maximum Gasteiger partial charge on any atom is 0.269 e. The summed E-state index contributed by atoms with van der Waals surface area (Å²) in [6.07, 6.45) is 2.78. The van der Waals surface area contributed by atoms with E-state index < -0.39 is 11.5 Å². The first kappa shape index (κ1) is 21.5. The number of aromatic nitrogens is 2. The highest BCUT2D eigenvalue weighted by Crippen LogP contribution is 2.26. The van der Waals surface area contributed by atoms with E-state index in [9.17, 15) is 14.9 Å². The van der Waals surface area contributed by atoms with Gasteiger partial charge >= 0.3 is 0 Å². The Labute approximate surface area is 190 Å². The number of fused-ring (bicyclic) bond motifs is 1. The molecule has 1 N–H and O–H groups in total. The second kappa shape index (κ2) is 9.20. The van der Waals surface area contributed by atoms with Crippen LogP contribution < -0.4 is 15.6 Å². The van der Waals surface area contributed by atoms with Crippen molar-refractivity contribution in [2.75, 3.05) is 5.32 Å². The van der Waals surface area contributed by atoms with Crippen molar-refractivity contribution in [3.05, 3.63) is 106 Å². The molecular formula is C26H20N4O3. The molecule has 0 spiro atoms. The number of hydrogen-bond acceptors (Lipinski definition) is 5. The van der Waals surface area contributed by atoms with Crippen LogP contribution in [0.3, 0.4) is 0 Å². The molecule has 33 heavy (non-hydrogen) atoms. The van der Waals surface area contributed by atoms with Crippen LogP contribution in [0.4, 0.5) is 5.69 Å². The van der Waals surface area contributed by atoms with Crippen LogP contribution in [-0.2, 0) is 4.79 Å². The van der Waals surface area contributed by atoms with Crippen molar-refractivity contribution < 1.29 is 9.53 Å². The Balaban J connectivity index is 1.81. The van der Waals surface area contributed by atoms with E-state index in [1.807, 2.05) is 50.2 Å². The highest BCUT2D eigenvalue weighted by molar-refractivity contribution is 6.09. The van der Waals surface area contributed by atoms with Gasteiger partial charge in [-0.25, -0.2) is 0 Å². The first-order chi connectivity index (χ1) is 16.0. The van der Waals surface area contributed by atoms with E-state index in [2.05, 4.69) is 10.3 Å². The van der Waals surface area contributed by atoms with Crippen LogP contribution in [0.2, 0.25) is 0 Å². The highest BCUT2D eigenvalue weighted by atomic mass is 16.5. The highest BCUT2D eigenvalue weighted by Gasteiger charge is 2.18. The third kappa shape index (κ3) is 4.65. The minimum atomic E-state index is -0.638. The molecule has 0 aliphatic rings. The van der Waals surface area contributed by atoms with Crippen LogP contribution >= 0.6 is 0 Å². The molecule has 0 aliphatic heterocycles. The van der Waals surface area contributed by atoms with Crippen molar-refractivity contribution in [3.63, 3.8) is 0 Å². The fourth-order valence-corrected chi connectivity index (χ4v) is 3.19. The van der Waals surface area contributed by atoms with Gasteiger partial charge in [0.25, 0.3) is 11.5 Å². The molecule has 2 aromatic carbocycles. The SMILES string of the molecule is Cc1ccc(NC(=O)C(C#N)=Cc2c(Oc3ccccc3C)nc3ccccn3c2=O)cc1. The average Bonchev–Trinajstić information content (AvgIpc) is 2.82. The number of nitrogens with one attached hydrogen (secondary N) is 1. The first-order valence-electron chi connectivity index (χ1n) is 10.2.